The number of para-hydroxylation sites is 1. The molecule has 1 N–H and O–H groups in total. The van der Waals surface area contributed by atoms with Gasteiger partial charge in [0.1, 0.15) is 6.54 Å². The lowest BCUT2D eigenvalue weighted by atomic mass is 10.2. The molecule has 1 aromatic heterocycles. The minimum Gasteiger partial charge on any atom is -0.454 e. The van der Waals surface area contributed by atoms with Crippen LogP contribution in [-0.2, 0) is 27.4 Å². The fourth-order valence-electron chi connectivity index (χ4n) is 3.45. The van der Waals surface area contributed by atoms with Crippen LogP contribution in [0.15, 0.2) is 94.5 Å². The number of ether oxygens (including phenoxy) is 1. The topological polar surface area (TPSA) is 101 Å². The van der Waals surface area contributed by atoms with Gasteiger partial charge < -0.3 is 9.64 Å². The van der Waals surface area contributed by atoms with Crippen molar-refractivity contribution in [3.05, 3.63) is 111 Å². The second-order valence-corrected chi connectivity index (χ2v) is 7.34. The predicted octanol–water partition coefficient (Wildman–Crippen LogP) is 2.47. The van der Waals surface area contributed by atoms with E-state index in [2.05, 4.69) is 5.10 Å². The summed E-state index contributed by atoms with van der Waals surface area (Å²) >= 11 is 0. The Kier molecular flexibility index (Phi) is 6.45. The summed E-state index contributed by atoms with van der Waals surface area (Å²) in [5.74, 6) is -1.23. The van der Waals surface area contributed by atoms with Crippen molar-refractivity contribution in [2.45, 2.75) is 13.1 Å². The first kappa shape index (κ1) is 21.8. The molecule has 8 nitrogen and oxygen atoms in total. The highest BCUT2D eigenvalue weighted by Crippen LogP contribution is 2.17. The van der Waals surface area contributed by atoms with E-state index in [9.17, 15) is 19.2 Å². The number of H-pyrrole nitrogens is 1. The lowest BCUT2D eigenvalue weighted by Gasteiger charge is -2.23. The van der Waals surface area contributed by atoms with E-state index < -0.39 is 36.1 Å². The normalized spacial score (nSPS) is 10.7. The average Bonchev–Trinajstić information content (AvgIpc) is 2.85. The number of fused-ring (bicyclic) bond motifs is 1. The average molecular weight is 443 g/mol. The van der Waals surface area contributed by atoms with Gasteiger partial charge in [0.25, 0.3) is 17.0 Å². The van der Waals surface area contributed by atoms with Gasteiger partial charge >= 0.3 is 5.97 Å². The molecule has 0 fully saturated rings. The maximum Gasteiger partial charge on any atom is 0.328 e. The van der Waals surface area contributed by atoms with Crippen LogP contribution in [0, 0.1) is 0 Å². The van der Waals surface area contributed by atoms with Crippen molar-refractivity contribution >= 4 is 28.3 Å². The number of carbonyl (C=O) groups is 2. The number of nitrogens with one attached hydrogen (secondary N) is 1. The first-order valence-electron chi connectivity index (χ1n) is 10.3. The summed E-state index contributed by atoms with van der Waals surface area (Å²) in [6, 6.07) is 24.8. The molecule has 0 atom stereocenters. The molecular formula is C25H21N3O5. The zero-order valence-corrected chi connectivity index (χ0v) is 17.6. The van der Waals surface area contributed by atoms with Gasteiger partial charge in [-0.05, 0) is 29.8 Å². The van der Waals surface area contributed by atoms with E-state index in [1.54, 1.807) is 24.3 Å². The lowest BCUT2D eigenvalue weighted by Crippen LogP contribution is -2.36. The number of anilines is 1. The highest BCUT2D eigenvalue weighted by Gasteiger charge is 2.19. The molecule has 0 spiro atoms. The van der Waals surface area contributed by atoms with Crippen LogP contribution in [0.4, 0.5) is 5.69 Å². The van der Waals surface area contributed by atoms with Crippen LogP contribution in [0.25, 0.3) is 10.8 Å². The van der Waals surface area contributed by atoms with Crippen molar-refractivity contribution in [1.29, 1.82) is 0 Å². The zero-order chi connectivity index (χ0) is 23.2. The van der Waals surface area contributed by atoms with E-state index in [1.807, 2.05) is 48.5 Å². The second kappa shape index (κ2) is 9.78. The molecule has 0 unspecified atom stereocenters. The van der Waals surface area contributed by atoms with E-state index in [-0.39, 0.29) is 10.8 Å². The molecule has 33 heavy (non-hydrogen) atoms. The van der Waals surface area contributed by atoms with Crippen molar-refractivity contribution in [2.24, 2.45) is 0 Å². The summed E-state index contributed by atoms with van der Waals surface area (Å²) in [5, 5.41) is 2.81. The Bertz CT molecular complexity index is 1390. The van der Waals surface area contributed by atoms with Crippen molar-refractivity contribution in [2.75, 3.05) is 11.5 Å². The number of rotatable bonds is 7. The highest BCUT2D eigenvalue weighted by molar-refractivity contribution is 5.95. The fourth-order valence-corrected chi connectivity index (χ4v) is 3.45. The number of nitrogens with zero attached hydrogens (tertiary/aromatic N) is 2. The Morgan fingerprint density at radius 1 is 0.818 bits per heavy atom. The van der Waals surface area contributed by atoms with E-state index in [0.29, 0.717) is 12.2 Å². The third-order valence-electron chi connectivity index (χ3n) is 5.08. The van der Waals surface area contributed by atoms with Crippen LogP contribution in [0.1, 0.15) is 5.56 Å². The molecule has 1 amide bonds. The van der Waals surface area contributed by atoms with Crippen LogP contribution >= 0.6 is 0 Å². The Morgan fingerprint density at radius 2 is 1.42 bits per heavy atom. The largest absolute Gasteiger partial charge is 0.454 e. The number of esters is 1. The number of aromatic nitrogens is 2. The van der Waals surface area contributed by atoms with Gasteiger partial charge in [-0.1, -0.05) is 60.7 Å². The van der Waals surface area contributed by atoms with Gasteiger partial charge in [0, 0.05) is 5.69 Å². The maximum absolute atomic E-state index is 12.9. The molecule has 8 heteroatoms. The third-order valence-corrected chi connectivity index (χ3v) is 5.08. The molecule has 4 aromatic rings. The van der Waals surface area contributed by atoms with E-state index in [4.69, 9.17) is 4.74 Å². The van der Waals surface area contributed by atoms with Gasteiger partial charge in [-0.2, -0.15) is 0 Å². The summed E-state index contributed by atoms with van der Waals surface area (Å²) in [6.07, 6.45) is 0. The third kappa shape index (κ3) is 5.07. The van der Waals surface area contributed by atoms with E-state index in [0.717, 1.165) is 10.2 Å². The summed E-state index contributed by atoms with van der Waals surface area (Å²) < 4.78 is 6.03. The number of hydrogen-bond donors (Lipinski definition) is 1. The van der Waals surface area contributed by atoms with Crippen LogP contribution < -0.4 is 16.0 Å². The van der Waals surface area contributed by atoms with Gasteiger partial charge in [-0.3, -0.25) is 24.3 Å². The molecule has 0 aliphatic rings. The number of carbonyl (C=O) groups excluding carboxylic acids is 2. The number of aromatic amines is 1. The Balaban J connectivity index is 1.47. The standard InChI is InChI=1S/C25H21N3O5/c29-22(27(19-11-5-2-6-12-19)15-18-9-3-1-4-10-18)17-33-23(30)16-28-25(32)21-14-8-7-13-20(21)24(31)26-28/h1-14H,15-17H2,(H,26,31). The van der Waals surface area contributed by atoms with Crippen LogP contribution in [-0.4, -0.2) is 28.3 Å². The van der Waals surface area contributed by atoms with E-state index in [1.165, 1.54) is 17.0 Å². The van der Waals surface area contributed by atoms with Gasteiger partial charge in [0.15, 0.2) is 6.61 Å². The highest BCUT2D eigenvalue weighted by atomic mass is 16.5. The summed E-state index contributed by atoms with van der Waals surface area (Å²) in [5.41, 5.74) is 0.564. The molecule has 4 rings (SSSR count). The summed E-state index contributed by atoms with van der Waals surface area (Å²) in [6.45, 7) is -0.720. The summed E-state index contributed by atoms with van der Waals surface area (Å²) in [7, 11) is 0. The van der Waals surface area contributed by atoms with Gasteiger partial charge in [-0.15, -0.1) is 0 Å². The Morgan fingerprint density at radius 3 is 2.12 bits per heavy atom. The molecule has 166 valence electrons. The molecule has 0 aliphatic carbocycles. The first-order chi connectivity index (χ1) is 16.0. The van der Waals surface area contributed by atoms with Crippen LogP contribution in [0.3, 0.4) is 0 Å². The summed E-state index contributed by atoms with van der Waals surface area (Å²) in [4.78, 5) is 51.6. The van der Waals surface area contributed by atoms with Crippen LogP contribution in [0.5, 0.6) is 0 Å². The van der Waals surface area contributed by atoms with Crippen molar-refractivity contribution in [3.63, 3.8) is 0 Å². The monoisotopic (exact) mass is 443 g/mol. The quantitative estimate of drug-likeness (QED) is 0.442. The molecule has 0 aliphatic heterocycles. The Labute approximate surface area is 188 Å². The molecule has 0 bridgehead atoms. The first-order valence-corrected chi connectivity index (χ1v) is 10.3. The van der Waals surface area contributed by atoms with Crippen molar-refractivity contribution in [3.8, 4) is 0 Å². The molecule has 0 saturated heterocycles. The van der Waals surface area contributed by atoms with Gasteiger partial charge in [-0.25, -0.2) is 4.68 Å². The Hall–Kier alpha value is -4.46. The van der Waals surface area contributed by atoms with Crippen molar-refractivity contribution in [1.82, 2.24) is 9.78 Å². The lowest BCUT2D eigenvalue weighted by molar-refractivity contribution is -0.148. The minimum absolute atomic E-state index is 0.197. The zero-order valence-electron chi connectivity index (χ0n) is 17.6. The fraction of sp³-hybridized carbons (Fsp3) is 0.120. The second-order valence-electron chi connectivity index (χ2n) is 7.34. The van der Waals surface area contributed by atoms with Gasteiger partial charge in [0.2, 0.25) is 0 Å². The van der Waals surface area contributed by atoms with E-state index >= 15 is 0 Å². The smallest absolute Gasteiger partial charge is 0.328 e. The minimum atomic E-state index is -0.816. The molecule has 1 heterocycles. The maximum atomic E-state index is 12.9. The number of amides is 1. The number of benzene rings is 3. The number of hydrogen-bond acceptors (Lipinski definition) is 5. The SMILES string of the molecule is O=C(Cn1[nH]c(=O)c2ccccc2c1=O)OCC(=O)N(Cc1ccccc1)c1ccccc1. The van der Waals surface area contributed by atoms with Crippen LogP contribution in [0.2, 0.25) is 0 Å². The molecule has 0 saturated carbocycles. The predicted molar refractivity (Wildman–Crippen MR) is 124 cm³/mol. The molecule has 0 radical (unpaired) electrons. The van der Waals surface area contributed by atoms with Crippen molar-refractivity contribution < 1.29 is 14.3 Å². The van der Waals surface area contributed by atoms with Gasteiger partial charge in [0.05, 0.1) is 17.3 Å². The molecule has 3 aromatic carbocycles. The molecular weight excluding hydrogens is 422 g/mol.